The molecule has 3 heterocycles. The number of aromatic nitrogens is 1. The quantitative estimate of drug-likeness (QED) is 0.350. The Balaban J connectivity index is 1.55. The molecule has 0 saturated carbocycles. The van der Waals surface area contributed by atoms with Crippen LogP contribution in [0.3, 0.4) is 0 Å². The number of piperidine rings is 1. The lowest BCUT2D eigenvalue weighted by atomic mass is 9.93. The number of rotatable bonds is 9. The summed E-state index contributed by atoms with van der Waals surface area (Å²) in [7, 11) is -1.34. The molecule has 9 heteroatoms. The Morgan fingerprint density at radius 1 is 1.07 bits per heavy atom. The fraction of sp³-hybridized carbons (Fsp3) is 0.441. The number of likely N-dealkylation sites (tertiary alicyclic amines) is 1. The molecule has 0 bridgehead atoms. The van der Waals surface area contributed by atoms with Crippen LogP contribution < -0.4 is 5.32 Å². The molecule has 0 unspecified atom stereocenters. The predicted molar refractivity (Wildman–Crippen MR) is 170 cm³/mol. The number of carbonyl (C=O) groups is 1. The van der Waals surface area contributed by atoms with Gasteiger partial charge in [0.1, 0.15) is 16.7 Å². The molecule has 1 saturated heterocycles. The summed E-state index contributed by atoms with van der Waals surface area (Å²) in [6, 6.07) is 19.1. The predicted octanol–water partition coefficient (Wildman–Crippen LogP) is 5.20. The van der Waals surface area contributed by atoms with Gasteiger partial charge < -0.3 is 15.3 Å². The third-order valence-corrected chi connectivity index (χ3v) is 10.0. The summed E-state index contributed by atoms with van der Waals surface area (Å²) < 4.78 is 15.1. The molecule has 3 aromatic rings. The van der Waals surface area contributed by atoms with Gasteiger partial charge in [0.2, 0.25) is 0 Å². The number of aliphatic hydroxyl groups excluding tert-OH is 1. The van der Waals surface area contributed by atoms with E-state index in [1.54, 1.807) is 6.07 Å². The zero-order chi connectivity index (χ0) is 30.6. The Bertz CT molecular complexity index is 1540. The minimum absolute atomic E-state index is 0.0683. The van der Waals surface area contributed by atoms with Gasteiger partial charge in [-0.05, 0) is 94.1 Å². The van der Waals surface area contributed by atoms with Gasteiger partial charge >= 0.3 is 0 Å². The number of carbonyl (C=O) groups excluding carboxylic acids is 1. The van der Waals surface area contributed by atoms with Crippen LogP contribution in [0.4, 0.5) is 0 Å². The van der Waals surface area contributed by atoms with E-state index >= 15 is 0 Å². The number of amides is 1. The summed E-state index contributed by atoms with van der Waals surface area (Å²) in [5.41, 5.74) is 6.02. The summed E-state index contributed by atoms with van der Waals surface area (Å²) in [4.78, 5) is 20.8. The highest BCUT2D eigenvalue weighted by Crippen LogP contribution is 2.44. The van der Waals surface area contributed by atoms with E-state index in [-0.39, 0.29) is 18.6 Å². The average Bonchev–Trinajstić information content (AvgIpc) is 3.38. The lowest BCUT2D eigenvalue weighted by Crippen LogP contribution is -2.37. The van der Waals surface area contributed by atoms with E-state index in [4.69, 9.17) is 4.98 Å². The summed E-state index contributed by atoms with van der Waals surface area (Å²) in [5, 5.41) is 22.6. The Hall–Kier alpha value is -3.42. The van der Waals surface area contributed by atoms with Crippen LogP contribution in [-0.2, 0) is 17.5 Å². The zero-order valence-electron chi connectivity index (χ0n) is 25.3. The van der Waals surface area contributed by atoms with Crippen LogP contribution in [0.15, 0.2) is 54.6 Å². The van der Waals surface area contributed by atoms with Gasteiger partial charge in [-0.1, -0.05) is 36.8 Å². The summed E-state index contributed by atoms with van der Waals surface area (Å²) in [5.74, 6) is -0.229. The van der Waals surface area contributed by atoms with Gasteiger partial charge in [-0.3, -0.25) is 4.79 Å². The van der Waals surface area contributed by atoms with Gasteiger partial charge in [-0.25, -0.2) is 13.5 Å². The van der Waals surface area contributed by atoms with E-state index in [1.807, 2.05) is 73.6 Å². The molecule has 1 aromatic heterocycles. The van der Waals surface area contributed by atoms with Gasteiger partial charge in [0.15, 0.2) is 0 Å². The van der Waals surface area contributed by atoms with E-state index in [1.165, 1.54) is 19.3 Å². The number of hydrogen-bond acceptors (Lipinski definition) is 6. The molecule has 8 nitrogen and oxygen atoms in total. The van der Waals surface area contributed by atoms with E-state index in [0.717, 1.165) is 47.5 Å². The lowest BCUT2D eigenvalue weighted by molar-refractivity contribution is 0.0941. The second-order valence-corrected chi connectivity index (χ2v) is 14.5. The van der Waals surface area contributed by atoms with Gasteiger partial charge in [0.25, 0.3) is 5.91 Å². The Kier molecular flexibility index (Phi) is 9.72. The van der Waals surface area contributed by atoms with Crippen LogP contribution in [0.1, 0.15) is 79.7 Å². The third-order valence-electron chi connectivity index (χ3n) is 8.15. The molecule has 1 fully saturated rings. The summed E-state index contributed by atoms with van der Waals surface area (Å²) in [6.07, 6.45) is 4.06. The van der Waals surface area contributed by atoms with E-state index in [2.05, 4.69) is 16.3 Å². The molecule has 2 aromatic carbocycles. The molecule has 2 N–H and O–H groups in total. The maximum Gasteiger partial charge on any atom is 0.269 e. The van der Waals surface area contributed by atoms with Crippen LogP contribution in [0.5, 0.6) is 0 Å². The minimum Gasteiger partial charge on any atom is -0.396 e. The highest BCUT2D eigenvalue weighted by molar-refractivity contribution is 7.84. The number of nitrogens with zero attached hydrogens (tertiary/aromatic N) is 4. The number of fused-ring (bicyclic) bond motifs is 1. The standard InChI is InChI=1S/C34H41N5O3S/c1-34(2,3)43(42)39-23-28-21-29(33(41)36-14-17-38-15-5-4-6-16-38)37-32(31(28)30(39)13-18-40)27-12-8-11-26(20-27)25-10-7-9-24(19-25)22-35/h7-12,19-21,30,40H,4-6,13-18,23H2,1-3H3,(H,36,41)/t30-,43-/m0/s1. The second kappa shape index (κ2) is 13.5. The largest absolute Gasteiger partial charge is 0.396 e. The Morgan fingerprint density at radius 3 is 2.47 bits per heavy atom. The highest BCUT2D eigenvalue weighted by atomic mass is 32.2. The number of nitriles is 1. The molecule has 2 atom stereocenters. The second-order valence-electron chi connectivity index (χ2n) is 12.3. The zero-order valence-corrected chi connectivity index (χ0v) is 26.1. The average molecular weight is 600 g/mol. The molecule has 1 amide bonds. The molecule has 43 heavy (non-hydrogen) atoms. The fourth-order valence-corrected chi connectivity index (χ4v) is 7.42. The molecule has 226 valence electrons. The first-order chi connectivity index (χ1) is 20.7. The molecule has 0 aliphatic carbocycles. The Labute approximate surface area is 257 Å². The number of hydrogen-bond donors (Lipinski definition) is 2. The van der Waals surface area contributed by atoms with Crippen LogP contribution in [-0.4, -0.2) is 66.9 Å². The van der Waals surface area contributed by atoms with Crippen molar-refractivity contribution in [3.63, 3.8) is 0 Å². The van der Waals surface area contributed by atoms with Crippen molar-refractivity contribution in [1.29, 1.82) is 5.26 Å². The van der Waals surface area contributed by atoms with Crippen molar-refractivity contribution in [1.82, 2.24) is 19.5 Å². The van der Waals surface area contributed by atoms with Gasteiger partial charge in [-0.2, -0.15) is 5.26 Å². The SMILES string of the molecule is CC(C)(C)[S@](=O)N1Cc2cc(C(=O)NCCN3CCCCC3)nc(-c3cccc(-c4cccc(C#N)c4)c3)c2[C@@H]1CCO. The molecular weight excluding hydrogens is 558 g/mol. The first-order valence-corrected chi connectivity index (χ1v) is 16.2. The number of aliphatic hydroxyl groups is 1. The smallest absolute Gasteiger partial charge is 0.269 e. The summed E-state index contributed by atoms with van der Waals surface area (Å²) in [6.45, 7) is 9.66. The van der Waals surface area contributed by atoms with Crippen molar-refractivity contribution in [2.45, 2.75) is 63.8 Å². The molecule has 0 spiro atoms. The first kappa shape index (κ1) is 31.0. The molecule has 2 aliphatic rings. The molecule has 2 aliphatic heterocycles. The van der Waals surface area contributed by atoms with Crippen LogP contribution >= 0.6 is 0 Å². The maximum atomic E-state index is 13.7. The van der Waals surface area contributed by atoms with Crippen molar-refractivity contribution in [2.24, 2.45) is 0 Å². The monoisotopic (exact) mass is 599 g/mol. The van der Waals surface area contributed by atoms with Gasteiger partial charge in [0.05, 0.1) is 28.1 Å². The molecular formula is C34H41N5O3S. The van der Waals surface area contributed by atoms with Crippen molar-refractivity contribution in [3.8, 4) is 28.5 Å². The van der Waals surface area contributed by atoms with Gasteiger partial charge in [0, 0.05) is 37.4 Å². The van der Waals surface area contributed by atoms with Crippen LogP contribution in [0.2, 0.25) is 0 Å². The Morgan fingerprint density at radius 2 is 1.77 bits per heavy atom. The molecule has 0 radical (unpaired) electrons. The minimum atomic E-state index is -1.34. The normalized spacial score (nSPS) is 18.2. The topological polar surface area (TPSA) is 110 Å². The summed E-state index contributed by atoms with van der Waals surface area (Å²) >= 11 is 0. The van der Waals surface area contributed by atoms with Gasteiger partial charge in [-0.15, -0.1) is 0 Å². The van der Waals surface area contributed by atoms with Crippen molar-refractivity contribution >= 4 is 16.9 Å². The van der Waals surface area contributed by atoms with Crippen molar-refractivity contribution in [3.05, 3.63) is 77.0 Å². The van der Waals surface area contributed by atoms with Crippen molar-refractivity contribution in [2.75, 3.05) is 32.8 Å². The van der Waals surface area contributed by atoms with Crippen molar-refractivity contribution < 1.29 is 14.1 Å². The fourth-order valence-electron chi connectivity index (χ4n) is 6.02. The number of benzene rings is 2. The van der Waals surface area contributed by atoms with E-state index in [9.17, 15) is 19.4 Å². The lowest BCUT2D eigenvalue weighted by Gasteiger charge is -2.30. The van der Waals surface area contributed by atoms with Crippen LogP contribution in [0, 0.1) is 11.3 Å². The highest BCUT2D eigenvalue weighted by Gasteiger charge is 2.40. The third kappa shape index (κ3) is 7.05. The number of nitrogens with one attached hydrogen (secondary N) is 1. The molecule has 5 rings (SSSR count). The first-order valence-electron chi connectivity index (χ1n) is 15.1. The maximum absolute atomic E-state index is 13.7. The van der Waals surface area contributed by atoms with E-state index < -0.39 is 15.7 Å². The van der Waals surface area contributed by atoms with E-state index in [0.29, 0.717) is 36.5 Å². The van der Waals surface area contributed by atoms with Crippen LogP contribution in [0.25, 0.3) is 22.4 Å². The number of pyridine rings is 1.